The molecule has 2 aromatic carbocycles. The minimum Gasteiger partial charge on any atom is -0.294 e. The largest absolute Gasteiger partial charge is 0.294 e. The van der Waals surface area contributed by atoms with Crippen LogP contribution in [0.4, 0.5) is 0 Å². The molecule has 0 aliphatic rings. The Bertz CT molecular complexity index is 598. The molecule has 0 radical (unpaired) electrons. The fourth-order valence-corrected chi connectivity index (χ4v) is 3.11. The molecule has 0 bridgehead atoms. The molecule has 0 N–H and O–H groups in total. The van der Waals surface area contributed by atoms with E-state index in [2.05, 4.69) is 0 Å². The lowest BCUT2D eigenvalue weighted by atomic mass is 10.1. The van der Waals surface area contributed by atoms with Gasteiger partial charge in [-0.15, -0.1) is 0 Å². The van der Waals surface area contributed by atoms with Crippen molar-refractivity contribution in [3.8, 4) is 0 Å². The second kappa shape index (κ2) is 8.68. The molecule has 2 nitrogen and oxygen atoms in total. The molecule has 0 aromatic heterocycles. The first-order valence-electron chi connectivity index (χ1n) is 8.08. The van der Waals surface area contributed by atoms with Crippen LogP contribution in [0.25, 0.3) is 0 Å². The van der Waals surface area contributed by atoms with Crippen LogP contribution in [-0.4, -0.2) is 11.6 Å². The Morgan fingerprint density at radius 3 is 1.35 bits per heavy atom. The fraction of sp³-hybridized carbons (Fsp3) is 0.300. The smallest absolute Gasteiger partial charge is 0.162 e. The highest BCUT2D eigenvalue weighted by Gasteiger charge is 2.06. The van der Waals surface area contributed by atoms with Crippen LogP contribution >= 0.6 is 11.8 Å². The van der Waals surface area contributed by atoms with E-state index in [4.69, 9.17) is 0 Å². The van der Waals surface area contributed by atoms with Crippen molar-refractivity contribution in [3.63, 3.8) is 0 Å². The molecule has 2 rings (SSSR count). The topological polar surface area (TPSA) is 34.1 Å². The molecule has 0 spiro atoms. The van der Waals surface area contributed by atoms with Crippen molar-refractivity contribution < 1.29 is 9.59 Å². The average molecular weight is 326 g/mol. The van der Waals surface area contributed by atoms with Gasteiger partial charge in [-0.2, -0.15) is 0 Å². The summed E-state index contributed by atoms with van der Waals surface area (Å²) in [5.74, 6) is 0.394. The van der Waals surface area contributed by atoms with Crippen molar-refractivity contribution in [2.24, 2.45) is 0 Å². The molecule has 0 saturated carbocycles. The first-order chi connectivity index (χ1) is 11.1. The highest BCUT2D eigenvalue weighted by atomic mass is 32.2. The first kappa shape index (κ1) is 17.5. The molecule has 0 saturated heterocycles. The number of carbonyl (C=O) groups excluding carboxylic acids is 2. The second-order valence-electron chi connectivity index (χ2n) is 5.50. The highest BCUT2D eigenvalue weighted by Crippen LogP contribution is 2.28. The molecular weight excluding hydrogens is 304 g/mol. The third-order valence-corrected chi connectivity index (χ3v) is 4.56. The summed E-state index contributed by atoms with van der Waals surface area (Å²) in [7, 11) is 0. The van der Waals surface area contributed by atoms with Gasteiger partial charge in [-0.05, 0) is 37.1 Å². The van der Waals surface area contributed by atoms with Gasteiger partial charge in [-0.1, -0.05) is 49.9 Å². The van der Waals surface area contributed by atoms with Gasteiger partial charge in [-0.25, -0.2) is 0 Å². The summed E-state index contributed by atoms with van der Waals surface area (Å²) >= 11 is 1.63. The lowest BCUT2D eigenvalue weighted by Gasteiger charge is -2.05. The van der Waals surface area contributed by atoms with Gasteiger partial charge in [0.2, 0.25) is 0 Å². The fourth-order valence-electron chi connectivity index (χ4n) is 2.30. The number of hydrogen-bond donors (Lipinski definition) is 0. The van der Waals surface area contributed by atoms with Crippen LogP contribution < -0.4 is 0 Å². The average Bonchev–Trinajstić information content (AvgIpc) is 2.56. The van der Waals surface area contributed by atoms with E-state index in [-0.39, 0.29) is 11.6 Å². The Labute approximate surface area is 142 Å². The highest BCUT2D eigenvalue weighted by molar-refractivity contribution is 7.99. The Morgan fingerprint density at radius 1 is 0.696 bits per heavy atom. The van der Waals surface area contributed by atoms with Crippen molar-refractivity contribution in [2.75, 3.05) is 0 Å². The van der Waals surface area contributed by atoms with Gasteiger partial charge in [0.25, 0.3) is 0 Å². The molecule has 0 heterocycles. The van der Waals surface area contributed by atoms with Gasteiger partial charge in [0, 0.05) is 33.8 Å². The zero-order valence-corrected chi connectivity index (χ0v) is 14.5. The van der Waals surface area contributed by atoms with Crippen LogP contribution in [0.1, 0.15) is 60.2 Å². The zero-order valence-electron chi connectivity index (χ0n) is 13.7. The van der Waals surface area contributed by atoms with Crippen molar-refractivity contribution >= 4 is 23.3 Å². The van der Waals surface area contributed by atoms with Crippen LogP contribution in [-0.2, 0) is 0 Å². The van der Waals surface area contributed by atoms with Crippen molar-refractivity contribution in [2.45, 2.75) is 49.3 Å². The maximum atomic E-state index is 11.8. The SMILES string of the molecule is CCCC(=O)c1ccc(Sc2ccc(C(=O)CCC)cc2)cc1. The van der Waals surface area contributed by atoms with Gasteiger partial charge in [-0.3, -0.25) is 9.59 Å². The summed E-state index contributed by atoms with van der Waals surface area (Å²) in [5.41, 5.74) is 1.55. The number of rotatable bonds is 8. The van der Waals surface area contributed by atoms with E-state index in [0.29, 0.717) is 12.8 Å². The van der Waals surface area contributed by atoms with E-state index >= 15 is 0 Å². The van der Waals surface area contributed by atoms with Crippen LogP contribution in [0.5, 0.6) is 0 Å². The Balaban J connectivity index is 2.02. The molecule has 0 unspecified atom stereocenters. The summed E-state index contributed by atoms with van der Waals surface area (Å²) in [6, 6.07) is 15.5. The van der Waals surface area contributed by atoms with Crippen LogP contribution in [0.2, 0.25) is 0 Å². The van der Waals surface area contributed by atoms with E-state index in [1.54, 1.807) is 11.8 Å². The second-order valence-corrected chi connectivity index (χ2v) is 6.64. The molecule has 2 aromatic rings. The van der Waals surface area contributed by atoms with E-state index in [0.717, 1.165) is 33.8 Å². The minimum atomic E-state index is 0.197. The maximum absolute atomic E-state index is 11.8. The molecule has 120 valence electrons. The van der Waals surface area contributed by atoms with Gasteiger partial charge >= 0.3 is 0 Å². The minimum absolute atomic E-state index is 0.197. The molecule has 0 fully saturated rings. The lowest BCUT2D eigenvalue weighted by molar-refractivity contribution is 0.0973. The third-order valence-electron chi connectivity index (χ3n) is 3.54. The monoisotopic (exact) mass is 326 g/mol. The Hall–Kier alpha value is -1.87. The van der Waals surface area contributed by atoms with Crippen LogP contribution in [0, 0.1) is 0 Å². The van der Waals surface area contributed by atoms with E-state index in [1.165, 1.54) is 0 Å². The van der Waals surface area contributed by atoms with E-state index in [9.17, 15) is 9.59 Å². The van der Waals surface area contributed by atoms with Crippen molar-refractivity contribution in [3.05, 3.63) is 59.7 Å². The number of hydrogen-bond acceptors (Lipinski definition) is 3. The van der Waals surface area contributed by atoms with Gasteiger partial charge in [0.1, 0.15) is 0 Å². The molecule has 3 heteroatoms. The Morgan fingerprint density at radius 2 is 1.04 bits per heavy atom. The van der Waals surface area contributed by atoms with Crippen LogP contribution in [0.3, 0.4) is 0 Å². The third kappa shape index (κ3) is 5.07. The summed E-state index contributed by atoms with van der Waals surface area (Å²) < 4.78 is 0. The Kier molecular flexibility index (Phi) is 6.60. The normalized spacial score (nSPS) is 10.5. The summed E-state index contributed by atoms with van der Waals surface area (Å²) in [5, 5.41) is 0. The predicted molar refractivity (Wildman–Crippen MR) is 95.5 cm³/mol. The summed E-state index contributed by atoms with van der Waals surface area (Å²) in [6.45, 7) is 4.02. The number of carbonyl (C=O) groups is 2. The van der Waals surface area contributed by atoms with Gasteiger partial charge in [0.15, 0.2) is 11.6 Å². The van der Waals surface area contributed by atoms with E-state index in [1.807, 2.05) is 62.4 Å². The molecule has 0 amide bonds. The predicted octanol–water partition coefficient (Wildman–Crippen LogP) is 5.80. The molecular formula is C20H22O2S. The van der Waals surface area contributed by atoms with Crippen molar-refractivity contribution in [1.82, 2.24) is 0 Å². The quantitative estimate of drug-likeness (QED) is 0.575. The van der Waals surface area contributed by atoms with Gasteiger partial charge < -0.3 is 0 Å². The molecule has 0 aliphatic carbocycles. The molecule has 0 aliphatic heterocycles. The first-order valence-corrected chi connectivity index (χ1v) is 8.90. The maximum Gasteiger partial charge on any atom is 0.162 e. The molecule has 23 heavy (non-hydrogen) atoms. The number of Topliss-reactive ketones (excluding diaryl/α,β-unsaturated/α-hetero) is 2. The number of benzene rings is 2. The number of ketones is 2. The van der Waals surface area contributed by atoms with Gasteiger partial charge in [0.05, 0.1) is 0 Å². The van der Waals surface area contributed by atoms with Crippen LogP contribution in [0.15, 0.2) is 58.3 Å². The molecule has 0 atom stereocenters. The van der Waals surface area contributed by atoms with Crippen molar-refractivity contribution in [1.29, 1.82) is 0 Å². The van der Waals surface area contributed by atoms with E-state index < -0.39 is 0 Å². The lowest BCUT2D eigenvalue weighted by Crippen LogP contribution is -1.97. The summed E-state index contributed by atoms with van der Waals surface area (Å²) in [6.07, 6.45) is 2.94. The zero-order chi connectivity index (χ0) is 16.7. The summed E-state index contributed by atoms with van der Waals surface area (Å²) in [4.78, 5) is 25.8. The standard InChI is InChI=1S/C20H22O2S/c1-3-5-19(21)15-7-11-17(12-8-15)23-18-13-9-16(10-14-18)20(22)6-4-2/h7-14H,3-6H2,1-2H3.